The van der Waals surface area contributed by atoms with Gasteiger partial charge in [0.2, 0.25) is 0 Å². The Bertz CT molecular complexity index is 481. The second kappa shape index (κ2) is 8.27. The van der Waals surface area contributed by atoms with Gasteiger partial charge in [0, 0.05) is 17.3 Å². The minimum atomic E-state index is -0.0120. The molecule has 1 aromatic heterocycles. The number of benzene rings is 1. The molecule has 0 radical (unpaired) electrons. The first-order chi connectivity index (χ1) is 9.86. The van der Waals surface area contributed by atoms with E-state index < -0.39 is 0 Å². The summed E-state index contributed by atoms with van der Waals surface area (Å²) in [7, 11) is -0.0120. The summed E-state index contributed by atoms with van der Waals surface area (Å²) < 4.78 is 2.40. The average molecular weight is 287 g/mol. The van der Waals surface area contributed by atoms with Gasteiger partial charge in [0.1, 0.15) is 0 Å². The Morgan fingerprint density at radius 2 is 1.50 bits per heavy atom. The normalized spacial score (nSPS) is 11.2. The van der Waals surface area contributed by atoms with Gasteiger partial charge in [-0.2, -0.15) is 0 Å². The van der Waals surface area contributed by atoms with Crippen LogP contribution < -0.4 is 5.44 Å². The number of nitrogens with zero attached hydrogens (tertiary/aromatic N) is 1. The van der Waals surface area contributed by atoms with Gasteiger partial charge in [0.15, 0.2) is 0 Å². The molecular formula is C18H26NP. The summed E-state index contributed by atoms with van der Waals surface area (Å²) in [5.41, 5.74) is 2.85. The molecule has 0 N–H and O–H groups in total. The van der Waals surface area contributed by atoms with E-state index in [4.69, 9.17) is 0 Å². The maximum Gasteiger partial charge on any atom is 0.0459 e. The van der Waals surface area contributed by atoms with Crippen molar-refractivity contribution in [2.75, 3.05) is 12.3 Å². The molecule has 0 amide bonds. The van der Waals surface area contributed by atoms with E-state index in [0.29, 0.717) is 0 Å². The van der Waals surface area contributed by atoms with Crippen LogP contribution in [0.15, 0.2) is 48.7 Å². The Balaban J connectivity index is 2.22. The van der Waals surface area contributed by atoms with E-state index in [1.165, 1.54) is 43.7 Å². The lowest BCUT2D eigenvalue weighted by molar-refractivity contribution is 0.869. The first-order valence-electron chi connectivity index (χ1n) is 7.84. The van der Waals surface area contributed by atoms with Crippen molar-refractivity contribution < 1.29 is 0 Å². The number of aromatic nitrogens is 1. The Hall–Kier alpha value is -1.07. The number of unbranched alkanes of at least 4 members (excludes halogenated alkanes) is 2. The standard InChI is InChI=1S/C18H26NP/c1-3-5-15-20(16-6-4-2)18-13-10-14-19(18)17-11-8-7-9-12-17/h7-14H,3-6,15-16H2,1-2H3. The predicted octanol–water partition coefficient (Wildman–Crippen LogP) is 5.18. The molecule has 0 aliphatic heterocycles. The molecule has 2 rings (SSSR count). The van der Waals surface area contributed by atoms with Gasteiger partial charge in [-0.15, -0.1) is 0 Å². The van der Waals surface area contributed by atoms with Gasteiger partial charge < -0.3 is 4.57 Å². The van der Waals surface area contributed by atoms with Crippen molar-refractivity contribution in [3.63, 3.8) is 0 Å². The van der Waals surface area contributed by atoms with Crippen LogP contribution in [-0.4, -0.2) is 16.9 Å². The number of para-hydroxylation sites is 1. The molecule has 1 heterocycles. The van der Waals surface area contributed by atoms with Crippen LogP contribution in [0.4, 0.5) is 0 Å². The van der Waals surface area contributed by atoms with Crippen molar-refractivity contribution >= 4 is 13.4 Å². The molecule has 0 saturated heterocycles. The Kier molecular flexibility index (Phi) is 6.33. The summed E-state index contributed by atoms with van der Waals surface area (Å²) in [5.74, 6) is 0. The van der Waals surface area contributed by atoms with Crippen molar-refractivity contribution in [3.05, 3.63) is 48.7 Å². The molecule has 20 heavy (non-hydrogen) atoms. The Morgan fingerprint density at radius 3 is 2.10 bits per heavy atom. The molecule has 0 bridgehead atoms. The largest absolute Gasteiger partial charge is 0.317 e. The summed E-state index contributed by atoms with van der Waals surface area (Å²) in [6.45, 7) is 4.59. The highest BCUT2D eigenvalue weighted by Gasteiger charge is 2.14. The lowest BCUT2D eigenvalue weighted by Gasteiger charge is -2.20. The molecule has 2 heteroatoms. The van der Waals surface area contributed by atoms with Crippen LogP contribution in [0.2, 0.25) is 0 Å². The highest BCUT2D eigenvalue weighted by molar-refractivity contribution is 7.65. The molecule has 1 aromatic carbocycles. The topological polar surface area (TPSA) is 4.93 Å². The molecule has 2 aromatic rings. The molecule has 0 fully saturated rings. The molecule has 108 valence electrons. The van der Waals surface area contributed by atoms with E-state index in [9.17, 15) is 0 Å². The molecule has 0 unspecified atom stereocenters. The number of hydrogen-bond acceptors (Lipinski definition) is 0. The van der Waals surface area contributed by atoms with Gasteiger partial charge in [-0.3, -0.25) is 0 Å². The van der Waals surface area contributed by atoms with Gasteiger partial charge in [-0.1, -0.05) is 52.8 Å². The second-order valence-electron chi connectivity index (χ2n) is 5.27. The van der Waals surface area contributed by atoms with Crippen LogP contribution in [0.3, 0.4) is 0 Å². The summed E-state index contributed by atoms with van der Waals surface area (Å²) in [6.07, 6.45) is 10.3. The molecule has 0 spiro atoms. The summed E-state index contributed by atoms with van der Waals surface area (Å²) in [5, 5.41) is 0. The van der Waals surface area contributed by atoms with E-state index in [1.807, 2.05) is 0 Å². The fourth-order valence-electron chi connectivity index (χ4n) is 2.48. The fourth-order valence-corrected chi connectivity index (χ4v) is 5.34. The summed E-state index contributed by atoms with van der Waals surface area (Å²) >= 11 is 0. The number of hydrogen-bond donors (Lipinski definition) is 0. The summed E-state index contributed by atoms with van der Waals surface area (Å²) in [4.78, 5) is 0. The van der Waals surface area contributed by atoms with Crippen LogP contribution in [-0.2, 0) is 0 Å². The first-order valence-corrected chi connectivity index (χ1v) is 9.55. The van der Waals surface area contributed by atoms with Crippen molar-refractivity contribution in [1.82, 2.24) is 4.57 Å². The van der Waals surface area contributed by atoms with Crippen molar-refractivity contribution in [3.8, 4) is 5.69 Å². The van der Waals surface area contributed by atoms with Crippen LogP contribution in [0.1, 0.15) is 39.5 Å². The second-order valence-corrected chi connectivity index (χ2v) is 7.70. The summed E-state index contributed by atoms with van der Waals surface area (Å²) in [6, 6.07) is 15.3. The van der Waals surface area contributed by atoms with Crippen LogP contribution in [0, 0.1) is 0 Å². The third-order valence-electron chi connectivity index (χ3n) is 3.65. The quantitative estimate of drug-likeness (QED) is 0.589. The van der Waals surface area contributed by atoms with Crippen molar-refractivity contribution in [1.29, 1.82) is 0 Å². The van der Waals surface area contributed by atoms with Gasteiger partial charge >= 0.3 is 0 Å². The SMILES string of the molecule is CCCCP(CCCC)c1cccn1-c1ccccc1. The van der Waals surface area contributed by atoms with Gasteiger partial charge in [-0.05, 0) is 49.4 Å². The maximum atomic E-state index is 2.40. The molecule has 0 atom stereocenters. The molecular weight excluding hydrogens is 261 g/mol. The predicted molar refractivity (Wildman–Crippen MR) is 91.9 cm³/mol. The fraction of sp³-hybridized carbons (Fsp3) is 0.444. The van der Waals surface area contributed by atoms with Gasteiger partial charge in [0.25, 0.3) is 0 Å². The van der Waals surface area contributed by atoms with E-state index >= 15 is 0 Å². The average Bonchev–Trinajstić information content (AvgIpc) is 2.98. The monoisotopic (exact) mass is 287 g/mol. The smallest absolute Gasteiger partial charge is 0.0459 e. The molecule has 0 aliphatic carbocycles. The molecule has 0 saturated carbocycles. The lowest BCUT2D eigenvalue weighted by atomic mass is 10.3. The zero-order chi connectivity index (χ0) is 14.2. The lowest BCUT2D eigenvalue weighted by Crippen LogP contribution is -2.16. The zero-order valence-corrected chi connectivity index (χ0v) is 13.7. The van der Waals surface area contributed by atoms with Gasteiger partial charge in [-0.25, -0.2) is 0 Å². The van der Waals surface area contributed by atoms with Crippen LogP contribution in [0.25, 0.3) is 5.69 Å². The minimum Gasteiger partial charge on any atom is -0.317 e. The Morgan fingerprint density at radius 1 is 0.850 bits per heavy atom. The van der Waals surface area contributed by atoms with E-state index in [-0.39, 0.29) is 7.92 Å². The highest BCUT2D eigenvalue weighted by atomic mass is 31.1. The Labute approximate surface area is 124 Å². The van der Waals surface area contributed by atoms with Crippen LogP contribution in [0.5, 0.6) is 0 Å². The van der Waals surface area contributed by atoms with E-state index in [1.54, 1.807) is 5.44 Å². The van der Waals surface area contributed by atoms with Crippen molar-refractivity contribution in [2.24, 2.45) is 0 Å². The molecule has 1 nitrogen and oxygen atoms in total. The third kappa shape index (κ3) is 3.96. The highest BCUT2D eigenvalue weighted by Crippen LogP contribution is 2.37. The first kappa shape index (κ1) is 15.3. The minimum absolute atomic E-state index is 0.0120. The number of rotatable bonds is 8. The van der Waals surface area contributed by atoms with Crippen LogP contribution >= 0.6 is 7.92 Å². The van der Waals surface area contributed by atoms with Gasteiger partial charge in [0.05, 0.1) is 0 Å². The molecule has 0 aliphatic rings. The zero-order valence-electron chi connectivity index (χ0n) is 12.8. The third-order valence-corrected chi connectivity index (χ3v) is 6.37. The van der Waals surface area contributed by atoms with E-state index in [0.717, 1.165) is 0 Å². The maximum absolute atomic E-state index is 2.40. The van der Waals surface area contributed by atoms with E-state index in [2.05, 4.69) is 67.1 Å². The van der Waals surface area contributed by atoms with Crippen molar-refractivity contribution in [2.45, 2.75) is 39.5 Å².